The highest BCUT2D eigenvalue weighted by atomic mass is 32.2. The molecule has 0 spiro atoms. The Balaban J connectivity index is 1.58. The third kappa shape index (κ3) is 7.64. The second-order valence-corrected chi connectivity index (χ2v) is 12.7. The minimum atomic E-state index is -4.01. The number of unbranched alkanes of at least 4 members (excludes halogenated alkanes) is 1. The van der Waals surface area contributed by atoms with E-state index in [4.69, 9.17) is 9.26 Å². The quantitative estimate of drug-likeness (QED) is 0.218. The molecule has 0 unspecified atom stereocenters. The van der Waals surface area contributed by atoms with E-state index >= 15 is 0 Å². The number of hydrogen-bond acceptors (Lipinski definition) is 7. The number of carbonyl (C=O) groups is 2. The van der Waals surface area contributed by atoms with Crippen LogP contribution in [-0.2, 0) is 37.5 Å². The summed E-state index contributed by atoms with van der Waals surface area (Å²) >= 11 is 0. The van der Waals surface area contributed by atoms with Crippen LogP contribution in [0.4, 0.5) is 5.82 Å². The lowest BCUT2D eigenvalue weighted by atomic mass is 9.95. The fraction of sp³-hybridized carbons (Fsp3) is 0.469. The van der Waals surface area contributed by atoms with Gasteiger partial charge in [-0.15, -0.1) is 0 Å². The highest BCUT2D eigenvalue weighted by Crippen LogP contribution is 2.33. The largest absolute Gasteiger partial charge is 0.377 e. The molecule has 1 aliphatic carbocycles. The summed E-state index contributed by atoms with van der Waals surface area (Å²) < 4.78 is 40.5. The van der Waals surface area contributed by atoms with E-state index in [9.17, 15) is 18.0 Å². The van der Waals surface area contributed by atoms with Gasteiger partial charge in [-0.1, -0.05) is 67.7 Å². The first-order valence-corrected chi connectivity index (χ1v) is 16.4. The molecule has 0 radical (unpaired) electrons. The number of ether oxygens (including phenoxy) is 1. The van der Waals surface area contributed by atoms with E-state index in [0.29, 0.717) is 48.3 Å². The van der Waals surface area contributed by atoms with Crippen LogP contribution in [0.1, 0.15) is 81.2 Å². The lowest BCUT2D eigenvalue weighted by molar-refractivity contribution is -0.133. The predicted octanol–water partition coefficient (Wildman–Crippen LogP) is 5.53. The molecule has 1 aromatic heterocycles. The van der Waals surface area contributed by atoms with Crippen molar-refractivity contribution in [3.63, 3.8) is 0 Å². The molecule has 232 valence electrons. The van der Waals surface area contributed by atoms with E-state index in [1.165, 1.54) is 0 Å². The maximum Gasteiger partial charge on any atom is 0.263 e. The van der Waals surface area contributed by atoms with Crippen LogP contribution in [0.25, 0.3) is 11.1 Å². The molecule has 0 aliphatic heterocycles. The first kappa shape index (κ1) is 32.2. The molecule has 3 aromatic rings. The van der Waals surface area contributed by atoms with Crippen LogP contribution in [0.2, 0.25) is 0 Å². The van der Waals surface area contributed by atoms with Crippen molar-refractivity contribution in [2.75, 3.05) is 11.3 Å². The number of anilines is 1. The zero-order chi connectivity index (χ0) is 31.0. The van der Waals surface area contributed by atoms with E-state index < -0.39 is 15.6 Å². The number of amides is 2. The molecular weight excluding hydrogens is 568 g/mol. The third-order valence-electron chi connectivity index (χ3n) is 7.97. The molecule has 2 amide bonds. The van der Waals surface area contributed by atoms with Crippen LogP contribution in [0, 0.1) is 13.8 Å². The molecule has 0 bridgehead atoms. The molecule has 0 saturated heterocycles. The highest BCUT2D eigenvalue weighted by molar-refractivity contribution is 7.92. The molecule has 0 atom stereocenters. The Morgan fingerprint density at radius 1 is 1.05 bits per heavy atom. The fourth-order valence-corrected chi connectivity index (χ4v) is 6.66. The van der Waals surface area contributed by atoms with Crippen molar-refractivity contribution in [1.82, 2.24) is 15.8 Å². The average molecular weight is 611 g/mol. The van der Waals surface area contributed by atoms with Crippen molar-refractivity contribution >= 4 is 27.7 Å². The van der Waals surface area contributed by atoms with Crippen LogP contribution in [-0.4, -0.2) is 37.5 Å². The lowest BCUT2D eigenvalue weighted by Crippen LogP contribution is -2.57. The van der Waals surface area contributed by atoms with Gasteiger partial charge >= 0.3 is 0 Å². The molecule has 1 saturated carbocycles. The van der Waals surface area contributed by atoms with E-state index in [1.807, 2.05) is 32.0 Å². The standard InChI is InChI=1S/C32H42N4O6S/c1-5-7-14-29(37)34-32(17-10-11-18-32)31(38)33-20-24-15-16-26(25(19-24)21-41-6-2)27-12-8-9-13-28(27)43(39,40)36-30-22(3)23(4)42-35-30/h8-9,12-13,15-16,19H,5-7,10-11,14,17-18,20-21H2,1-4H3,(H,33,38)(H,34,37)(H,35,36). The number of nitrogens with zero attached hydrogens (tertiary/aromatic N) is 1. The Morgan fingerprint density at radius 3 is 2.47 bits per heavy atom. The molecular formula is C32H42N4O6S. The fourth-order valence-electron chi connectivity index (χ4n) is 5.38. The lowest BCUT2D eigenvalue weighted by Gasteiger charge is -2.29. The van der Waals surface area contributed by atoms with Crippen molar-refractivity contribution < 1.29 is 27.3 Å². The number of aryl methyl sites for hydroxylation is 1. The summed E-state index contributed by atoms with van der Waals surface area (Å²) in [6.07, 6.45) is 5.15. The van der Waals surface area contributed by atoms with Gasteiger partial charge in [0.1, 0.15) is 11.3 Å². The first-order chi connectivity index (χ1) is 20.6. The zero-order valence-electron chi connectivity index (χ0n) is 25.4. The summed E-state index contributed by atoms with van der Waals surface area (Å²) in [4.78, 5) is 26.0. The average Bonchev–Trinajstić information content (AvgIpc) is 3.60. The number of benzene rings is 2. The van der Waals surface area contributed by atoms with Gasteiger partial charge in [0.05, 0.1) is 11.5 Å². The second-order valence-electron chi connectivity index (χ2n) is 11.1. The normalized spacial score (nSPS) is 14.4. The van der Waals surface area contributed by atoms with Crippen molar-refractivity contribution in [2.45, 2.75) is 96.2 Å². The van der Waals surface area contributed by atoms with Gasteiger partial charge in [0.15, 0.2) is 5.82 Å². The molecule has 1 aliphatic rings. The minimum absolute atomic E-state index is 0.0841. The van der Waals surface area contributed by atoms with E-state index in [0.717, 1.165) is 36.8 Å². The van der Waals surface area contributed by atoms with Gasteiger partial charge in [-0.05, 0) is 62.8 Å². The van der Waals surface area contributed by atoms with Gasteiger partial charge in [0, 0.05) is 30.7 Å². The highest BCUT2D eigenvalue weighted by Gasteiger charge is 2.42. The van der Waals surface area contributed by atoms with Crippen LogP contribution in [0.3, 0.4) is 0 Å². The number of nitrogens with one attached hydrogen (secondary N) is 3. The molecule has 2 aromatic carbocycles. The Labute approximate surface area is 254 Å². The molecule has 43 heavy (non-hydrogen) atoms. The van der Waals surface area contributed by atoms with Crippen LogP contribution < -0.4 is 15.4 Å². The van der Waals surface area contributed by atoms with Crippen LogP contribution in [0.5, 0.6) is 0 Å². The van der Waals surface area contributed by atoms with Crippen molar-refractivity contribution in [1.29, 1.82) is 0 Å². The summed E-state index contributed by atoms with van der Waals surface area (Å²) in [6.45, 7) is 8.38. The van der Waals surface area contributed by atoms with Crippen LogP contribution in [0.15, 0.2) is 51.9 Å². The topological polar surface area (TPSA) is 140 Å². The first-order valence-electron chi connectivity index (χ1n) is 14.9. The van der Waals surface area contributed by atoms with E-state index in [2.05, 4.69) is 20.5 Å². The maximum atomic E-state index is 13.5. The number of aromatic nitrogens is 1. The molecule has 11 heteroatoms. The number of carbonyl (C=O) groups excluding carboxylic acids is 2. The van der Waals surface area contributed by atoms with Crippen LogP contribution >= 0.6 is 0 Å². The van der Waals surface area contributed by atoms with Gasteiger partial charge in [-0.3, -0.25) is 14.3 Å². The van der Waals surface area contributed by atoms with Gasteiger partial charge in [0.2, 0.25) is 11.8 Å². The van der Waals surface area contributed by atoms with Gasteiger partial charge in [-0.2, -0.15) is 0 Å². The molecule has 3 N–H and O–H groups in total. The zero-order valence-corrected chi connectivity index (χ0v) is 26.2. The Morgan fingerprint density at radius 2 is 1.79 bits per heavy atom. The minimum Gasteiger partial charge on any atom is -0.377 e. The van der Waals surface area contributed by atoms with Gasteiger partial charge in [0.25, 0.3) is 10.0 Å². The van der Waals surface area contributed by atoms with Crippen molar-refractivity contribution in [2.24, 2.45) is 0 Å². The van der Waals surface area contributed by atoms with Crippen molar-refractivity contribution in [3.8, 4) is 11.1 Å². The van der Waals surface area contributed by atoms with E-state index in [1.54, 1.807) is 38.1 Å². The number of hydrogen-bond donors (Lipinski definition) is 3. The third-order valence-corrected chi connectivity index (χ3v) is 9.36. The SMILES string of the molecule is CCCCC(=O)NC1(C(=O)NCc2ccc(-c3ccccc3S(=O)(=O)Nc3noc(C)c3C)c(COCC)c2)CCCC1. The number of rotatable bonds is 14. The molecule has 4 rings (SSSR count). The van der Waals surface area contributed by atoms with Crippen molar-refractivity contribution in [3.05, 3.63) is 64.9 Å². The monoisotopic (exact) mass is 610 g/mol. The predicted molar refractivity (Wildman–Crippen MR) is 165 cm³/mol. The second kappa shape index (κ2) is 14.2. The molecule has 1 fully saturated rings. The maximum absolute atomic E-state index is 13.5. The smallest absolute Gasteiger partial charge is 0.263 e. The summed E-state index contributed by atoms with van der Waals surface area (Å²) in [5.41, 5.74) is 2.58. The Kier molecular flexibility index (Phi) is 10.6. The van der Waals surface area contributed by atoms with E-state index in [-0.39, 0.29) is 35.7 Å². The Bertz CT molecular complexity index is 1540. The number of sulfonamides is 1. The summed E-state index contributed by atoms with van der Waals surface area (Å²) in [5.74, 6) is 0.422. The van der Waals surface area contributed by atoms with Gasteiger partial charge < -0.3 is 19.9 Å². The molecule has 10 nitrogen and oxygen atoms in total. The molecule has 1 heterocycles. The summed E-state index contributed by atoms with van der Waals surface area (Å²) in [7, 11) is -4.01. The summed E-state index contributed by atoms with van der Waals surface area (Å²) in [5, 5.41) is 9.92. The van der Waals surface area contributed by atoms with Gasteiger partial charge in [-0.25, -0.2) is 8.42 Å². The Hall–Kier alpha value is -3.70. The summed E-state index contributed by atoms with van der Waals surface area (Å²) in [6, 6.07) is 12.4.